The van der Waals surface area contributed by atoms with Gasteiger partial charge in [0.15, 0.2) is 0 Å². The summed E-state index contributed by atoms with van der Waals surface area (Å²) in [4.78, 5) is 36.3. The van der Waals surface area contributed by atoms with Crippen LogP contribution in [-0.4, -0.2) is 18.4 Å². The first-order valence-corrected chi connectivity index (χ1v) is 8.79. The molecule has 8 heteroatoms. The van der Waals surface area contributed by atoms with Crippen molar-refractivity contribution in [3.63, 3.8) is 0 Å². The Morgan fingerprint density at radius 3 is 2.61 bits per heavy atom. The summed E-state index contributed by atoms with van der Waals surface area (Å²) >= 11 is 11.7. The van der Waals surface area contributed by atoms with Gasteiger partial charge in [-0.05, 0) is 36.4 Å². The Kier molecular flexibility index (Phi) is 5.82. The van der Waals surface area contributed by atoms with E-state index in [1.54, 1.807) is 6.07 Å². The van der Waals surface area contributed by atoms with Gasteiger partial charge in [-0.15, -0.1) is 6.58 Å². The Labute approximate surface area is 169 Å². The molecule has 28 heavy (non-hydrogen) atoms. The minimum Gasteiger partial charge on any atom is -0.423 e. The van der Waals surface area contributed by atoms with Crippen molar-refractivity contribution in [3.05, 3.63) is 86.7 Å². The number of hydrogen-bond acceptors (Lipinski definition) is 5. The van der Waals surface area contributed by atoms with E-state index in [1.165, 1.54) is 42.5 Å². The van der Waals surface area contributed by atoms with E-state index in [2.05, 4.69) is 11.9 Å². The van der Waals surface area contributed by atoms with Crippen LogP contribution < -0.4 is 15.7 Å². The van der Waals surface area contributed by atoms with Gasteiger partial charge in [0, 0.05) is 18.0 Å². The first-order chi connectivity index (χ1) is 13.4. The molecular formula is C20H13Cl2NO5. The molecule has 1 aromatic heterocycles. The van der Waals surface area contributed by atoms with Crippen molar-refractivity contribution in [2.24, 2.45) is 0 Å². The molecule has 0 saturated heterocycles. The Morgan fingerprint density at radius 2 is 1.89 bits per heavy atom. The molecule has 3 rings (SSSR count). The zero-order valence-corrected chi connectivity index (χ0v) is 15.8. The van der Waals surface area contributed by atoms with E-state index in [4.69, 9.17) is 32.4 Å². The average molecular weight is 418 g/mol. The maximum atomic E-state index is 12.2. The van der Waals surface area contributed by atoms with E-state index in [0.717, 1.165) is 0 Å². The number of hydrogen-bond donors (Lipinski definition) is 1. The first kappa shape index (κ1) is 19.7. The quantitative estimate of drug-likeness (QED) is 0.290. The highest BCUT2D eigenvalue weighted by molar-refractivity contribution is 6.42. The van der Waals surface area contributed by atoms with Crippen LogP contribution in [0.15, 0.2) is 64.3 Å². The lowest BCUT2D eigenvalue weighted by atomic mass is 10.1. The molecule has 2 aromatic carbocycles. The van der Waals surface area contributed by atoms with Crippen LogP contribution in [0, 0.1) is 0 Å². The summed E-state index contributed by atoms with van der Waals surface area (Å²) in [6.07, 6.45) is 1.50. The number of amides is 1. The number of halogens is 2. The molecule has 142 valence electrons. The van der Waals surface area contributed by atoms with Crippen molar-refractivity contribution < 1.29 is 18.7 Å². The van der Waals surface area contributed by atoms with Gasteiger partial charge in [0.2, 0.25) is 0 Å². The molecule has 1 heterocycles. The van der Waals surface area contributed by atoms with Gasteiger partial charge in [0.25, 0.3) is 5.91 Å². The summed E-state index contributed by atoms with van der Waals surface area (Å²) in [6, 6.07) is 10.2. The molecule has 0 atom stereocenters. The lowest BCUT2D eigenvalue weighted by Gasteiger charge is -2.07. The highest BCUT2D eigenvalue weighted by atomic mass is 35.5. The Morgan fingerprint density at radius 1 is 1.11 bits per heavy atom. The van der Waals surface area contributed by atoms with E-state index in [9.17, 15) is 14.4 Å². The second kappa shape index (κ2) is 8.29. The van der Waals surface area contributed by atoms with Crippen molar-refractivity contribution in [3.8, 4) is 5.75 Å². The minimum atomic E-state index is -0.804. The maximum absolute atomic E-state index is 12.2. The first-order valence-electron chi connectivity index (χ1n) is 8.03. The lowest BCUT2D eigenvalue weighted by Crippen LogP contribution is -2.28. The molecule has 1 amide bonds. The van der Waals surface area contributed by atoms with Crippen LogP contribution in [-0.2, 0) is 0 Å². The Bertz CT molecular complexity index is 1150. The predicted octanol–water partition coefficient (Wildman–Crippen LogP) is 4.23. The fraction of sp³-hybridized carbons (Fsp3) is 0.0500. The molecule has 0 aliphatic carbocycles. The van der Waals surface area contributed by atoms with Crippen LogP contribution in [0.4, 0.5) is 0 Å². The maximum Gasteiger partial charge on any atom is 0.349 e. The smallest absolute Gasteiger partial charge is 0.349 e. The second-order valence-corrected chi connectivity index (χ2v) is 6.48. The SMILES string of the molecule is C=CCNC(=O)c1cc2ccc(OC(=O)c3ccc(Cl)c(Cl)c3)cc2oc1=O. The van der Waals surface area contributed by atoms with Gasteiger partial charge in [-0.1, -0.05) is 29.3 Å². The Balaban J connectivity index is 1.87. The monoisotopic (exact) mass is 417 g/mol. The van der Waals surface area contributed by atoms with Crippen molar-refractivity contribution in [1.82, 2.24) is 5.32 Å². The summed E-state index contributed by atoms with van der Waals surface area (Å²) in [7, 11) is 0. The zero-order chi connectivity index (χ0) is 20.3. The van der Waals surface area contributed by atoms with E-state index >= 15 is 0 Å². The van der Waals surface area contributed by atoms with Gasteiger partial charge >= 0.3 is 11.6 Å². The highest BCUT2D eigenvalue weighted by Gasteiger charge is 2.15. The molecule has 0 fully saturated rings. The topological polar surface area (TPSA) is 85.6 Å². The van der Waals surface area contributed by atoms with Gasteiger partial charge in [-0.25, -0.2) is 9.59 Å². The Hall–Kier alpha value is -3.09. The van der Waals surface area contributed by atoms with Crippen molar-refractivity contribution in [1.29, 1.82) is 0 Å². The van der Waals surface area contributed by atoms with Crippen molar-refractivity contribution in [2.45, 2.75) is 0 Å². The molecule has 0 spiro atoms. The van der Waals surface area contributed by atoms with E-state index in [-0.39, 0.29) is 34.0 Å². The van der Waals surface area contributed by atoms with Crippen molar-refractivity contribution >= 4 is 46.0 Å². The van der Waals surface area contributed by atoms with Crippen LogP contribution in [0.25, 0.3) is 11.0 Å². The summed E-state index contributed by atoms with van der Waals surface area (Å²) in [5.41, 5.74) is -0.549. The molecule has 0 aliphatic rings. The van der Waals surface area contributed by atoms with Gasteiger partial charge in [-0.2, -0.15) is 0 Å². The minimum absolute atomic E-state index is 0.130. The fourth-order valence-electron chi connectivity index (χ4n) is 2.36. The third-order valence-corrected chi connectivity index (χ3v) is 4.46. The third-order valence-electron chi connectivity index (χ3n) is 3.72. The average Bonchev–Trinajstić information content (AvgIpc) is 2.67. The van der Waals surface area contributed by atoms with Gasteiger partial charge in [0.05, 0.1) is 15.6 Å². The molecule has 1 N–H and O–H groups in total. The van der Waals surface area contributed by atoms with E-state index in [1.807, 2.05) is 0 Å². The lowest BCUT2D eigenvalue weighted by molar-refractivity contribution is 0.0734. The zero-order valence-electron chi connectivity index (χ0n) is 14.3. The summed E-state index contributed by atoms with van der Waals surface area (Å²) in [5.74, 6) is -1.05. The molecule has 0 saturated carbocycles. The summed E-state index contributed by atoms with van der Waals surface area (Å²) in [6.45, 7) is 3.71. The molecular weight excluding hydrogens is 405 g/mol. The molecule has 0 aliphatic heterocycles. The fourth-order valence-corrected chi connectivity index (χ4v) is 2.66. The molecule has 3 aromatic rings. The highest BCUT2D eigenvalue weighted by Crippen LogP contribution is 2.25. The molecule has 0 radical (unpaired) electrons. The predicted molar refractivity (Wildman–Crippen MR) is 106 cm³/mol. The van der Waals surface area contributed by atoms with Crippen LogP contribution in [0.1, 0.15) is 20.7 Å². The number of carbonyl (C=O) groups excluding carboxylic acids is 2. The summed E-state index contributed by atoms with van der Waals surface area (Å²) in [5, 5.41) is 3.55. The van der Waals surface area contributed by atoms with Crippen molar-refractivity contribution in [2.75, 3.05) is 6.54 Å². The van der Waals surface area contributed by atoms with E-state index < -0.39 is 17.5 Å². The van der Waals surface area contributed by atoms with Crippen LogP contribution in [0.3, 0.4) is 0 Å². The third kappa shape index (κ3) is 4.24. The number of esters is 1. The molecule has 0 unspecified atom stereocenters. The number of carbonyl (C=O) groups is 2. The standard InChI is InChI=1S/C20H13Cl2NO5/c1-2-7-23-18(24)14-8-11-3-5-13(10-17(11)28-20(14)26)27-19(25)12-4-6-15(21)16(22)9-12/h2-6,8-10H,1,7H2,(H,23,24). The number of nitrogens with one attached hydrogen (secondary N) is 1. The number of ether oxygens (including phenoxy) is 1. The van der Waals surface area contributed by atoms with Crippen LogP contribution >= 0.6 is 23.2 Å². The number of rotatable bonds is 5. The van der Waals surface area contributed by atoms with Crippen LogP contribution in [0.2, 0.25) is 10.0 Å². The largest absolute Gasteiger partial charge is 0.423 e. The normalized spacial score (nSPS) is 10.5. The number of benzene rings is 2. The number of fused-ring (bicyclic) bond motifs is 1. The van der Waals surface area contributed by atoms with Crippen LogP contribution in [0.5, 0.6) is 5.75 Å². The van der Waals surface area contributed by atoms with Gasteiger partial charge < -0.3 is 14.5 Å². The molecule has 6 nitrogen and oxygen atoms in total. The van der Waals surface area contributed by atoms with E-state index in [0.29, 0.717) is 10.4 Å². The van der Waals surface area contributed by atoms with Gasteiger partial charge in [0.1, 0.15) is 16.9 Å². The second-order valence-electron chi connectivity index (χ2n) is 5.66. The summed E-state index contributed by atoms with van der Waals surface area (Å²) < 4.78 is 10.5. The van der Waals surface area contributed by atoms with Gasteiger partial charge in [-0.3, -0.25) is 4.79 Å². The molecule has 0 bridgehead atoms.